The summed E-state index contributed by atoms with van der Waals surface area (Å²) in [4.78, 5) is 9.47. The van der Waals surface area contributed by atoms with E-state index < -0.39 is 0 Å². The zero-order chi connectivity index (χ0) is 15.1. The molecule has 108 valence electrons. The highest BCUT2D eigenvalue weighted by molar-refractivity contribution is 6.31. The molecule has 0 N–H and O–H groups in total. The first-order valence-electron chi connectivity index (χ1n) is 7.37. The molecule has 0 saturated carbocycles. The third-order valence-corrected chi connectivity index (χ3v) is 4.47. The van der Waals surface area contributed by atoms with Gasteiger partial charge in [-0.05, 0) is 30.2 Å². The summed E-state index contributed by atoms with van der Waals surface area (Å²) >= 11 is 6.02. The Morgan fingerprint density at radius 2 is 1.55 bits per heavy atom. The summed E-state index contributed by atoms with van der Waals surface area (Å²) in [6, 6.07) is 16.4. The molecule has 0 amide bonds. The first kappa shape index (κ1) is 13.5. The van der Waals surface area contributed by atoms with Crippen LogP contribution in [0.5, 0.6) is 0 Å². The van der Waals surface area contributed by atoms with Crippen LogP contribution in [0.2, 0.25) is 5.02 Å². The van der Waals surface area contributed by atoms with Crippen LogP contribution in [0.4, 0.5) is 0 Å². The minimum atomic E-state index is 0.711. The van der Waals surface area contributed by atoms with Crippen molar-refractivity contribution in [1.82, 2.24) is 0 Å². The fourth-order valence-corrected chi connectivity index (χ4v) is 3.29. The van der Waals surface area contributed by atoms with E-state index in [1.54, 1.807) is 0 Å². The minimum absolute atomic E-state index is 0.711. The highest BCUT2D eigenvalue weighted by Crippen LogP contribution is 2.32. The summed E-state index contributed by atoms with van der Waals surface area (Å²) in [6.45, 7) is 3.57. The van der Waals surface area contributed by atoms with Crippen molar-refractivity contribution in [3.63, 3.8) is 0 Å². The molecule has 0 radical (unpaired) electrons. The number of fused-ring (bicyclic) bond motifs is 2. The standard InChI is InChI=1S/C19H15ClN2/c1-12-18-14(10-21-12)11-22-19(13-6-8-15(20)9-7-13)17-5-3-2-4-16(17)18/h2-9H,10-11H2,1H3. The Morgan fingerprint density at radius 1 is 0.864 bits per heavy atom. The number of allylic oxidation sites excluding steroid dienone is 1. The summed E-state index contributed by atoms with van der Waals surface area (Å²) in [5.41, 5.74) is 8.27. The molecule has 0 aromatic heterocycles. The molecule has 3 heteroatoms. The van der Waals surface area contributed by atoms with Gasteiger partial charge in [-0.2, -0.15) is 0 Å². The summed E-state index contributed by atoms with van der Waals surface area (Å²) in [5, 5.41) is 0.745. The van der Waals surface area contributed by atoms with Crippen LogP contribution in [0.3, 0.4) is 0 Å². The maximum absolute atomic E-state index is 6.02. The second-order valence-corrected chi connectivity index (χ2v) is 6.03. The van der Waals surface area contributed by atoms with E-state index in [2.05, 4.69) is 36.2 Å². The van der Waals surface area contributed by atoms with E-state index in [-0.39, 0.29) is 0 Å². The highest BCUT2D eigenvalue weighted by Gasteiger charge is 2.24. The second-order valence-electron chi connectivity index (χ2n) is 5.60. The fraction of sp³-hybridized carbons (Fsp3) is 0.158. The summed E-state index contributed by atoms with van der Waals surface area (Å²) in [5.74, 6) is 0. The molecule has 0 bridgehead atoms. The van der Waals surface area contributed by atoms with Crippen molar-refractivity contribution in [2.45, 2.75) is 6.92 Å². The Morgan fingerprint density at radius 3 is 2.32 bits per heavy atom. The molecule has 2 aromatic rings. The molecule has 0 aliphatic carbocycles. The zero-order valence-corrected chi connectivity index (χ0v) is 13.1. The van der Waals surface area contributed by atoms with Crippen LogP contribution in [0.25, 0.3) is 5.57 Å². The van der Waals surface area contributed by atoms with Gasteiger partial charge in [0.15, 0.2) is 0 Å². The third-order valence-electron chi connectivity index (χ3n) is 4.22. The number of nitrogens with zero attached hydrogens (tertiary/aromatic N) is 2. The molecule has 2 aliphatic heterocycles. The van der Waals surface area contributed by atoms with Gasteiger partial charge >= 0.3 is 0 Å². The maximum atomic E-state index is 6.02. The number of rotatable bonds is 1. The van der Waals surface area contributed by atoms with E-state index in [4.69, 9.17) is 16.6 Å². The van der Waals surface area contributed by atoms with Gasteiger partial charge in [-0.3, -0.25) is 9.98 Å². The number of benzene rings is 2. The van der Waals surface area contributed by atoms with Crippen LogP contribution in [0, 0.1) is 0 Å². The molecule has 0 unspecified atom stereocenters. The lowest BCUT2D eigenvalue weighted by Crippen LogP contribution is -2.07. The van der Waals surface area contributed by atoms with Gasteiger partial charge in [0.1, 0.15) is 0 Å². The third kappa shape index (κ3) is 2.11. The zero-order valence-electron chi connectivity index (χ0n) is 12.3. The molecule has 0 spiro atoms. The molecule has 22 heavy (non-hydrogen) atoms. The van der Waals surface area contributed by atoms with Crippen molar-refractivity contribution < 1.29 is 0 Å². The second kappa shape index (κ2) is 5.22. The Bertz CT molecular complexity index is 842. The van der Waals surface area contributed by atoms with Gasteiger partial charge in [-0.15, -0.1) is 0 Å². The predicted octanol–water partition coefficient (Wildman–Crippen LogP) is 4.42. The van der Waals surface area contributed by atoms with Gasteiger partial charge in [0.05, 0.1) is 18.8 Å². The number of aliphatic imine (C=N–C) groups is 2. The monoisotopic (exact) mass is 306 g/mol. The number of hydrogen-bond acceptors (Lipinski definition) is 2. The molecule has 0 atom stereocenters. The lowest BCUT2D eigenvalue weighted by atomic mass is 9.91. The minimum Gasteiger partial charge on any atom is -0.285 e. The van der Waals surface area contributed by atoms with Gasteiger partial charge < -0.3 is 0 Å². The van der Waals surface area contributed by atoms with Crippen molar-refractivity contribution in [3.05, 3.63) is 75.8 Å². The van der Waals surface area contributed by atoms with Crippen molar-refractivity contribution in [2.75, 3.05) is 13.1 Å². The summed E-state index contributed by atoms with van der Waals surface area (Å²) in [7, 11) is 0. The topological polar surface area (TPSA) is 24.7 Å². The molecule has 2 aromatic carbocycles. The van der Waals surface area contributed by atoms with Crippen LogP contribution in [-0.2, 0) is 0 Å². The Kier molecular flexibility index (Phi) is 3.20. The van der Waals surface area contributed by atoms with Gasteiger partial charge in [-0.25, -0.2) is 0 Å². The normalized spacial score (nSPS) is 16.6. The predicted molar refractivity (Wildman–Crippen MR) is 93.3 cm³/mol. The maximum Gasteiger partial charge on any atom is 0.0729 e. The van der Waals surface area contributed by atoms with Crippen molar-refractivity contribution >= 4 is 28.6 Å². The molecule has 2 heterocycles. The Labute approximate surface area is 134 Å². The van der Waals surface area contributed by atoms with Gasteiger partial charge in [0.25, 0.3) is 0 Å². The average molecular weight is 307 g/mol. The smallest absolute Gasteiger partial charge is 0.0729 e. The Hall–Kier alpha value is -2.19. The van der Waals surface area contributed by atoms with Gasteiger partial charge in [-0.1, -0.05) is 48.0 Å². The molecule has 4 rings (SSSR count). The molecular weight excluding hydrogens is 292 g/mol. The van der Waals surface area contributed by atoms with E-state index in [0.717, 1.165) is 28.6 Å². The summed E-state index contributed by atoms with van der Waals surface area (Å²) < 4.78 is 0. The number of halogens is 1. The molecular formula is C19H15ClN2. The molecule has 0 fully saturated rings. The van der Waals surface area contributed by atoms with Gasteiger partial charge in [0.2, 0.25) is 0 Å². The summed E-state index contributed by atoms with van der Waals surface area (Å²) in [6.07, 6.45) is 0. The fourth-order valence-electron chi connectivity index (χ4n) is 3.16. The van der Waals surface area contributed by atoms with Crippen molar-refractivity contribution in [2.24, 2.45) is 9.98 Å². The molecule has 0 saturated heterocycles. The average Bonchev–Trinajstić information content (AvgIpc) is 2.82. The molecule has 2 nitrogen and oxygen atoms in total. The first-order valence-corrected chi connectivity index (χ1v) is 7.75. The quantitative estimate of drug-likeness (QED) is 0.745. The number of hydrogen-bond donors (Lipinski definition) is 0. The lowest BCUT2D eigenvalue weighted by molar-refractivity contribution is 1.07. The van der Waals surface area contributed by atoms with E-state index in [1.807, 2.05) is 24.3 Å². The molecule has 2 aliphatic rings. The largest absolute Gasteiger partial charge is 0.285 e. The van der Waals surface area contributed by atoms with E-state index in [1.165, 1.54) is 22.3 Å². The van der Waals surface area contributed by atoms with Crippen molar-refractivity contribution in [1.29, 1.82) is 0 Å². The Balaban J connectivity index is 1.91. The van der Waals surface area contributed by atoms with E-state index >= 15 is 0 Å². The van der Waals surface area contributed by atoms with Crippen LogP contribution < -0.4 is 0 Å². The highest BCUT2D eigenvalue weighted by atomic mass is 35.5. The van der Waals surface area contributed by atoms with Crippen molar-refractivity contribution in [3.8, 4) is 0 Å². The van der Waals surface area contributed by atoms with E-state index in [0.29, 0.717) is 6.54 Å². The van der Waals surface area contributed by atoms with Crippen LogP contribution in [-0.4, -0.2) is 24.5 Å². The SMILES string of the molecule is CC1=NCC2=C1c1ccccc1C(c1ccc(Cl)cc1)=NC2. The van der Waals surface area contributed by atoms with Gasteiger partial charge in [0, 0.05) is 27.4 Å². The van der Waals surface area contributed by atoms with E-state index in [9.17, 15) is 0 Å². The van der Waals surface area contributed by atoms with Crippen LogP contribution in [0.15, 0.2) is 64.1 Å². The van der Waals surface area contributed by atoms with Crippen LogP contribution in [0.1, 0.15) is 23.6 Å². The lowest BCUT2D eigenvalue weighted by Gasteiger charge is -2.12. The first-order chi connectivity index (χ1) is 10.7. The van der Waals surface area contributed by atoms with Crippen LogP contribution >= 0.6 is 11.6 Å².